The molecule has 78 valence electrons. The van der Waals surface area contributed by atoms with Gasteiger partial charge in [-0.15, -0.1) is 0 Å². The van der Waals surface area contributed by atoms with Gasteiger partial charge in [0.2, 0.25) is 0 Å². The molecular weight excluding hydrogens is 198 g/mol. The molecule has 3 heteroatoms. The molecule has 0 saturated heterocycles. The van der Waals surface area contributed by atoms with Gasteiger partial charge in [-0.25, -0.2) is 4.98 Å². The minimum atomic E-state index is 0.660. The van der Waals surface area contributed by atoms with Crippen LogP contribution in [0.3, 0.4) is 0 Å². The first kappa shape index (κ1) is 8.97. The van der Waals surface area contributed by atoms with Crippen molar-refractivity contribution >= 4 is 11.5 Å². The van der Waals surface area contributed by atoms with Crippen LogP contribution in [0.5, 0.6) is 0 Å². The van der Waals surface area contributed by atoms with Crippen molar-refractivity contribution < 1.29 is 0 Å². The number of imidazole rings is 1. The summed E-state index contributed by atoms with van der Waals surface area (Å²) in [4.78, 5) is 4.19. The van der Waals surface area contributed by atoms with Crippen LogP contribution in [-0.2, 0) is 0 Å². The lowest BCUT2D eigenvalue weighted by Crippen LogP contribution is -1.92. The number of benzene rings is 1. The first-order chi connectivity index (χ1) is 7.84. The highest BCUT2D eigenvalue weighted by atomic mass is 15.1. The van der Waals surface area contributed by atoms with Crippen molar-refractivity contribution in [3.05, 3.63) is 54.9 Å². The molecule has 0 aliphatic rings. The molecule has 0 spiro atoms. The average Bonchev–Trinajstić information content (AvgIpc) is 2.72. The van der Waals surface area contributed by atoms with Crippen molar-refractivity contribution in [2.24, 2.45) is 0 Å². The Morgan fingerprint density at radius 2 is 1.75 bits per heavy atom. The van der Waals surface area contributed by atoms with Crippen molar-refractivity contribution in [1.82, 2.24) is 9.38 Å². The van der Waals surface area contributed by atoms with E-state index in [-0.39, 0.29) is 0 Å². The molecule has 3 aromatic rings. The summed E-state index contributed by atoms with van der Waals surface area (Å²) in [5.74, 6) is 0.660. The van der Waals surface area contributed by atoms with E-state index in [2.05, 4.69) is 23.2 Å². The standard InChI is InChI=1S/C13H11N3/c14-12-8-15-13-7-6-11(9-16(12)13)10-4-2-1-3-5-10/h1-9H,14H2. The predicted octanol–water partition coefficient (Wildman–Crippen LogP) is 2.58. The molecule has 0 radical (unpaired) electrons. The molecule has 3 nitrogen and oxygen atoms in total. The molecule has 1 aromatic carbocycles. The zero-order valence-electron chi connectivity index (χ0n) is 8.67. The third-order valence-electron chi connectivity index (χ3n) is 2.64. The maximum absolute atomic E-state index is 5.82. The van der Waals surface area contributed by atoms with E-state index in [1.165, 1.54) is 5.56 Å². The Morgan fingerprint density at radius 1 is 0.938 bits per heavy atom. The number of hydrogen-bond donors (Lipinski definition) is 1. The molecule has 0 saturated carbocycles. The summed E-state index contributed by atoms with van der Waals surface area (Å²) in [5.41, 5.74) is 9.01. The Balaban J connectivity index is 2.22. The number of nitrogens with two attached hydrogens (primary N) is 1. The van der Waals surface area contributed by atoms with Gasteiger partial charge in [-0.05, 0) is 23.3 Å². The lowest BCUT2D eigenvalue weighted by molar-refractivity contribution is 1.20. The van der Waals surface area contributed by atoms with Gasteiger partial charge in [-0.2, -0.15) is 0 Å². The molecule has 0 fully saturated rings. The van der Waals surface area contributed by atoms with Gasteiger partial charge in [0.15, 0.2) is 0 Å². The third-order valence-corrected chi connectivity index (χ3v) is 2.64. The van der Waals surface area contributed by atoms with E-state index in [4.69, 9.17) is 5.73 Å². The Morgan fingerprint density at radius 3 is 2.56 bits per heavy atom. The van der Waals surface area contributed by atoms with E-state index in [1.54, 1.807) is 6.20 Å². The molecule has 0 aliphatic carbocycles. The number of nitrogens with zero attached hydrogens (tertiary/aromatic N) is 2. The van der Waals surface area contributed by atoms with Crippen molar-refractivity contribution in [2.75, 3.05) is 5.73 Å². The second-order valence-electron chi connectivity index (χ2n) is 3.70. The quantitative estimate of drug-likeness (QED) is 0.669. The molecule has 0 bridgehead atoms. The zero-order chi connectivity index (χ0) is 11.0. The second kappa shape index (κ2) is 3.38. The SMILES string of the molecule is Nc1cnc2ccc(-c3ccccc3)cn12. The number of anilines is 1. The summed E-state index contributed by atoms with van der Waals surface area (Å²) < 4.78 is 1.89. The van der Waals surface area contributed by atoms with E-state index < -0.39 is 0 Å². The van der Waals surface area contributed by atoms with Gasteiger partial charge in [-0.1, -0.05) is 30.3 Å². The summed E-state index contributed by atoms with van der Waals surface area (Å²) in [6, 6.07) is 14.2. The topological polar surface area (TPSA) is 43.3 Å². The monoisotopic (exact) mass is 209 g/mol. The zero-order valence-corrected chi connectivity index (χ0v) is 8.67. The number of hydrogen-bond acceptors (Lipinski definition) is 2. The lowest BCUT2D eigenvalue weighted by Gasteiger charge is -2.03. The van der Waals surface area contributed by atoms with Crippen LogP contribution in [0, 0.1) is 0 Å². The van der Waals surface area contributed by atoms with Crippen molar-refractivity contribution in [3.63, 3.8) is 0 Å². The molecule has 2 N–H and O–H groups in total. The molecular formula is C13H11N3. The largest absolute Gasteiger partial charge is 0.383 e. The van der Waals surface area contributed by atoms with Crippen LogP contribution < -0.4 is 5.73 Å². The first-order valence-corrected chi connectivity index (χ1v) is 5.12. The van der Waals surface area contributed by atoms with E-state index in [0.717, 1.165) is 11.2 Å². The van der Waals surface area contributed by atoms with Crippen LogP contribution in [0.4, 0.5) is 5.82 Å². The normalized spacial score (nSPS) is 10.8. The van der Waals surface area contributed by atoms with E-state index in [0.29, 0.717) is 5.82 Å². The van der Waals surface area contributed by atoms with Crippen LogP contribution >= 0.6 is 0 Å². The van der Waals surface area contributed by atoms with Crippen molar-refractivity contribution in [1.29, 1.82) is 0 Å². The summed E-state index contributed by atoms with van der Waals surface area (Å²) >= 11 is 0. The van der Waals surface area contributed by atoms with Gasteiger partial charge in [-0.3, -0.25) is 4.40 Å². The summed E-state index contributed by atoms with van der Waals surface area (Å²) in [5, 5.41) is 0. The van der Waals surface area contributed by atoms with Crippen LogP contribution in [0.1, 0.15) is 0 Å². The molecule has 16 heavy (non-hydrogen) atoms. The molecule has 0 atom stereocenters. The highest BCUT2D eigenvalue weighted by molar-refractivity contribution is 5.65. The summed E-state index contributed by atoms with van der Waals surface area (Å²) in [7, 11) is 0. The minimum Gasteiger partial charge on any atom is -0.383 e. The van der Waals surface area contributed by atoms with Gasteiger partial charge >= 0.3 is 0 Å². The second-order valence-corrected chi connectivity index (χ2v) is 3.70. The van der Waals surface area contributed by atoms with E-state index >= 15 is 0 Å². The third kappa shape index (κ3) is 1.34. The number of pyridine rings is 1. The Hall–Kier alpha value is -2.29. The molecule has 3 rings (SSSR count). The van der Waals surface area contributed by atoms with Crippen molar-refractivity contribution in [3.8, 4) is 11.1 Å². The molecule has 0 unspecified atom stereocenters. The predicted molar refractivity (Wildman–Crippen MR) is 65.0 cm³/mol. The van der Waals surface area contributed by atoms with Gasteiger partial charge in [0.25, 0.3) is 0 Å². The fourth-order valence-electron chi connectivity index (χ4n) is 1.80. The van der Waals surface area contributed by atoms with Crippen LogP contribution in [0.25, 0.3) is 16.8 Å². The molecule has 2 heterocycles. The fraction of sp³-hybridized carbons (Fsp3) is 0. The lowest BCUT2D eigenvalue weighted by atomic mass is 10.1. The minimum absolute atomic E-state index is 0.660. The van der Waals surface area contributed by atoms with E-state index in [9.17, 15) is 0 Å². The highest BCUT2D eigenvalue weighted by Gasteiger charge is 2.01. The maximum atomic E-state index is 5.82. The summed E-state index contributed by atoms with van der Waals surface area (Å²) in [6.07, 6.45) is 3.68. The van der Waals surface area contributed by atoms with E-state index in [1.807, 2.05) is 34.9 Å². The Labute approximate surface area is 93.2 Å². The van der Waals surface area contributed by atoms with Gasteiger partial charge in [0.05, 0.1) is 6.20 Å². The van der Waals surface area contributed by atoms with Gasteiger partial charge in [0.1, 0.15) is 11.5 Å². The highest BCUT2D eigenvalue weighted by Crippen LogP contribution is 2.20. The molecule has 0 aliphatic heterocycles. The number of nitrogen functional groups attached to an aromatic ring is 1. The average molecular weight is 209 g/mol. The Bertz CT molecular complexity index is 626. The molecule has 0 amide bonds. The maximum Gasteiger partial charge on any atom is 0.138 e. The van der Waals surface area contributed by atoms with Crippen LogP contribution in [-0.4, -0.2) is 9.38 Å². The smallest absolute Gasteiger partial charge is 0.138 e. The number of rotatable bonds is 1. The van der Waals surface area contributed by atoms with Gasteiger partial charge in [0, 0.05) is 6.20 Å². The van der Waals surface area contributed by atoms with Gasteiger partial charge < -0.3 is 5.73 Å². The van der Waals surface area contributed by atoms with Crippen LogP contribution in [0.2, 0.25) is 0 Å². The molecule has 2 aromatic heterocycles. The number of fused-ring (bicyclic) bond motifs is 1. The van der Waals surface area contributed by atoms with Crippen molar-refractivity contribution in [2.45, 2.75) is 0 Å². The first-order valence-electron chi connectivity index (χ1n) is 5.12. The number of aromatic nitrogens is 2. The fourth-order valence-corrected chi connectivity index (χ4v) is 1.80. The Kier molecular flexibility index (Phi) is 1.90. The van der Waals surface area contributed by atoms with Crippen LogP contribution in [0.15, 0.2) is 54.9 Å². The summed E-state index contributed by atoms with van der Waals surface area (Å²) in [6.45, 7) is 0.